The minimum Gasteiger partial charge on any atom is -0.339 e. The molecule has 2 rings (SSSR count). The van der Waals surface area contributed by atoms with Crippen LogP contribution in [-0.2, 0) is 9.59 Å². The van der Waals surface area contributed by atoms with E-state index in [0.29, 0.717) is 12.5 Å². The first-order chi connectivity index (χ1) is 10.0. The van der Waals surface area contributed by atoms with Crippen LogP contribution < -0.4 is 5.32 Å². The van der Waals surface area contributed by atoms with Gasteiger partial charge in [-0.05, 0) is 25.8 Å². The summed E-state index contributed by atoms with van der Waals surface area (Å²) < 4.78 is 0. The molecule has 0 radical (unpaired) electrons. The SMILES string of the molecule is CCC(CC)N1C[C@@H](C(=O)Nc2nccc(C)n2)CC1=O. The van der Waals surface area contributed by atoms with Crippen molar-refractivity contribution in [1.29, 1.82) is 0 Å². The van der Waals surface area contributed by atoms with E-state index in [9.17, 15) is 9.59 Å². The van der Waals surface area contributed by atoms with Gasteiger partial charge >= 0.3 is 0 Å². The number of hydrogen-bond acceptors (Lipinski definition) is 4. The zero-order valence-electron chi connectivity index (χ0n) is 12.8. The van der Waals surface area contributed by atoms with E-state index < -0.39 is 0 Å². The number of rotatable bonds is 5. The van der Waals surface area contributed by atoms with E-state index in [1.54, 1.807) is 12.3 Å². The number of nitrogens with zero attached hydrogens (tertiary/aromatic N) is 3. The highest BCUT2D eigenvalue weighted by Crippen LogP contribution is 2.23. The molecule has 0 unspecified atom stereocenters. The van der Waals surface area contributed by atoms with E-state index in [1.807, 2.05) is 11.8 Å². The molecule has 0 aromatic carbocycles. The highest BCUT2D eigenvalue weighted by Gasteiger charge is 2.37. The summed E-state index contributed by atoms with van der Waals surface area (Å²) in [5.74, 6) is -0.132. The highest BCUT2D eigenvalue weighted by molar-refractivity contribution is 5.96. The summed E-state index contributed by atoms with van der Waals surface area (Å²) >= 11 is 0. The van der Waals surface area contributed by atoms with E-state index in [2.05, 4.69) is 29.1 Å². The molecule has 1 saturated heterocycles. The molecule has 1 fully saturated rings. The molecule has 6 nitrogen and oxygen atoms in total. The van der Waals surface area contributed by atoms with Gasteiger partial charge in [0.25, 0.3) is 0 Å². The molecule has 1 aliphatic rings. The molecular weight excluding hydrogens is 268 g/mol. The van der Waals surface area contributed by atoms with Crippen LogP contribution >= 0.6 is 0 Å². The van der Waals surface area contributed by atoms with E-state index in [4.69, 9.17) is 0 Å². The Morgan fingerprint density at radius 1 is 1.48 bits per heavy atom. The third-order valence-electron chi connectivity index (χ3n) is 3.94. The van der Waals surface area contributed by atoms with E-state index in [0.717, 1.165) is 18.5 Å². The van der Waals surface area contributed by atoms with Crippen molar-refractivity contribution in [1.82, 2.24) is 14.9 Å². The van der Waals surface area contributed by atoms with Gasteiger partial charge in [-0.25, -0.2) is 9.97 Å². The average molecular weight is 290 g/mol. The van der Waals surface area contributed by atoms with Gasteiger partial charge in [0.2, 0.25) is 17.8 Å². The number of aromatic nitrogens is 2. The zero-order chi connectivity index (χ0) is 15.4. The highest BCUT2D eigenvalue weighted by atomic mass is 16.2. The summed E-state index contributed by atoms with van der Waals surface area (Å²) in [5.41, 5.74) is 0.793. The molecule has 1 aliphatic heterocycles. The van der Waals surface area contributed by atoms with Crippen LogP contribution in [0.15, 0.2) is 12.3 Å². The molecule has 6 heteroatoms. The van der Waals surface area contributed by atoms with Crippen LogP contribution in [0.2, 0.25) is 0 Å². The fraction of sp³-hybridized carbons (Fsp3) is 0.600. The number of carbonyl (C=O) groups excluding carboxylic acids is 2. The summed E-state index contributed by atoms with van der Waals surface area (Å²) in [6, 6.07) is 1.99. The Balaban J connectivity index is 2.00. The fourth-order valence-electron chi connectivity index (χ4n) is 2.71. The Kier molecular flexibility index (Phi) is 4.88. The Labute approximate surface area is 125 Å². The zero-order valence-corrected chi connectivity index (χ0v) is 12.8. The van der Waals surface area contributed by atoms with E-state index >= 15 is 0 Å². The van der Waals surface area contributed by atoms with Crippen molar-refractivity contribution in [2.75, 3.05) is 11.9 Å². The fourth-order valence-corrected chi connectivity index (χ4v) is 2.71. The van der Waals surface area contributed by atoms with Gasteiger partial charge in [0.1, 0.15) is 0 Å². The second-order valence-electron chi connectivity index (χ2n) is 5.43. The molecule has 1 aromatic heterocycles. The largest absolute Gasteiger partial charge is 0.339 e. The standard InChI is InChI=1S/C15H22N4O2/c1-4-12(5-2)19-9-11(8-13(19)20)14(21)18-15-16-7-6-10(3)17-15/h6-7,11-12H,4-5,8-9H2,1-3H3,(H,16,17,18,21)/t11-/m0/s1. The topological polar surface area (TPSA) is 75.2 Å². The molecule has 0 saturated carbocycles. The van der Waals surface area contributed by atoms with Crippen molar-refractivity contribution in [3.8, 4) is 0 Å². The van der Waals surface area contributed by atoms with Crippen molar-refractivity contribution in [2.24, 2.45) is 5.92 Å². The third kappa shape index (κ3) is 3.56. The van der Waals surface area contributed by atoms with Gasteiger partial charge in [-0.1, -0.05) is 13.8 Å². The van der Waals surface area contributed by atoms with Gasteiger partial charge < -0.3 is 4.90 Å². The number of likely N-dealkylation sites (tertiary alicyclic amines) is 1. The van der Waals surface area contributed by atoms with Gasteiger partial charge in [-0.15, -0.1) is 0 Å². The van der Waals surface area contributed by atoms with Gasteiger partial charge in [0.15, 0.2) is 0 Å². The molecular formula is C15H22N4O2. The van der Waals surface area contributed by atoms with Crippen molar-refractivity contribution in [3.63, 3.8) is 0 Å². The molecule has 2 amide bonds. The van der Waals surface area contributed by atoms with Crippen LogP contribution in [0.1, 0.15) is 38.8 Å². The van der Waals surface area contributed by atoms with Crippen molar-refractivity contribution in [3.05, 3.63) is 18.0 Å². The number of hydrogen-bond donors (Lipinski definition) is 1. The summed E-state index contributed by atoms with van der Waals surface area (Å²) in [6.45, 7) is 6.46. The molecule has 21 heavy (non-hydrogen) atoms. The Morgan fingerprint density at radius 3 is 2.81 bits per heavy atom. The van der Waals surface area contributed by atoms with Crippen LogP contribution in [0.25, 0.3) is 0 Å². The lowest BCUT2D eigenvalue weighted by molar-refractivity contribution is -0.130. The lowest BCUT2D eigenvalue weighted by Crippen LogP contribution is -2.36. The summed E-state index contributed by atoms with van der Waals surface area (Å²) in [5, 5.41) is 2.70. The maximum Gasteiger partial charge on any atom is 0.232 e. The predicted molar refractivity (Wildman–Crippen MR) is 79.6 cm³/mol. The summed E-state index contributed by atoms with van der Waals surface area (Å²) in [6.07, 6.45) is 3.71. The van der Waals surface area contributed by atoms with Crippen molar-refractivity contribution >= 4 is 17.8 Å². The minimum absolute atomic E-state index is 0.0639. The number of aryl methyl sites for hydroxylation is 1. The Hall–Kier alpha value is -1.98. The third-order valence-corrected chi connectivity index (χ3v) is 3.94. The normalized spacial score (nSPS) is 18.4. The van der Waals surface area contributed by atoms with Crippen molar-refractivity contribution < 1.29 is 9.59 Å². The molecule has 1 N–H and O–H groups in total. The first-order valence-corrected chi connectivity index (χ1v) is 7.45. The summed E-state index contributed by atoms with van der Waals surface area (Å²) in [7, 11) is 0. The lowest BCUT2D eigenvalue weighted by atomic mass is 10.1. The minimum atomic E-state index is -0.317. The van der Waals surface area contributed by atoms with Crippen molar-refractivity contribution in [2.45, 2.75) is 46.1 Å². The smallest absolute Gasteiger partial charge is 0.232 e. The predicted octanol–water partition coefficient (Wildman–Crippen LogP) is 1.76. The average Bonchev–Trinajstić information content (AvgIpc) is 2.83. The van der Waals surface area contributed by atoms with Gasteiger partial charge in [-0.3, -0.25) is 14.9 Å². The van der Waals surface area contributed by atoms with Gasteiger partial charge in [0.05, 0.1) is 5.92 Å². The molecule has 1 atom stereocenters. The second kappa shape index (κ2) is 6.65. The van der Waals surface area contributed by atoms with E-state index in [-0.39, 0.29) is 30.2 Å². The molecule has 0 aliphatic carbocycles. The number of nitrogens with one attached hydrogen (secondary N) is 1. The van der Waals surface area contributed by atoms with Gasteiger partial charge in [0, 0.05) is 30.9 Å². The maximum atomic E-state index is 12.2. The van der Waals surface area contributed by atoms with E-state index in [1.165, 1.54) is 0 Å². The number of amides is 2. The number of anilines is 1. The van der Waals surface area contributed by atoms with Gasteiger partial charge in [-0.2, -0.15) is 0 Å². The first kappa shape index (κ1) is 15.4. The lowest BCUT2D eigenvalue weighted by Gasteiger charge is -2.25. The van der Waals surface area contributed by atoms with Crippen LogP contribution in [-0.4, -0.2) is 39.3 Å². The van der Waals surface area contributed by atoms with Crippen LogP contribution in [0.5, 0.6) is 0 Å². The Morgan fingerprint density at radius 2 is 2.19 bits per heavy atom. The Bertz CT molecular complexity index is 528. The molecule has 0 bridgehead atoms. The molecule has 2 heterocycles. The quantitative estimate of drug-likeness (QED) is 0.896. The monoisotopic (exact) mass is 290 g/mol. The molecule has 114 valence electrons. The summed E-state index contributed by atoms with van der Waals surface area (Å²) in [4.78, 5) is 34.3. The molecule has 0 spiro atoms. The van der Waals surface area contributed by atoms with Crippen LogP contribution in [0, 0.1) is 12.8 Å². The second-order valence-corrected chi connectivity index (χ2v) is 5.43. The molecule has 1 aromatic rings. The van der Waals surface area contributed by atoms with Crippen LogP contribution in [0.4, 0.5) is 5.95 Å². The first-order valence-electron chi connectivity index (χ1n) is 7.45. The van der Waals surface area contributed by atoms with Crippen LogP contribution in [0.3, 0.4) is 0 Å². The number of carbonyl (C=O) groups is 2. The maximum absolute atomic E-state index is 12.2.